The molecule has 1 aromatic heterocycles. The fraction of sp³-hybridized carbons (Fsp3) is 0.190. The maximum absolute atomic E-state index is 12.6. The molecule has 2 amide bonds. The Labute approximate surface area is 168 Å². The first-order valence-electron chi connectivity index (χ1n) is 9.04. The lowest BCUT2D eigenvalue weighted by Gasteiger charge is -2.11. The smallest absolute Gasteiger partial charge is 0.273 e. The Kier molecular flexibility index (Phi) is 6.13. The molecule has 0 aliphatic heterocycles. The number of aromatic nitrogens is 2. The Hall–Kier alpha value is -3.81. The van der Waals surface area contributed by atoms with Gasteiger partial charge in [0.1, 0.15) is 0 Å². The molecular formula is C21H22N4O4. The van der Waals surface area contributed by atoms with E-state index in [4.69, 9.17) is 9.47 Å². The molecule has 0 radical (unpaired) electrons. The summed E-state index contributed by atoms with van der Waals surface area (Å²) in [6, 6.07) is 14.3. The van der Waals surface area contributed by atoms with Crippen LogP contribution in [0.2, 0.25) is 0 Å². The molecule has 0 spiro atoms. The van der Waals surface area contributed by atoms with Crippen molar-refractivity contribution in [2.24, 2.45) is 0 Å². The Bertz CT molecular complexity index is 1010. The zero-order valence-electron chi connectivity index (χ0n) is 16.4. The topological polar surface area (TPSA) is 94.5 Å². The number of carbonyl (C=O) groups is 2. The number of hydrazine groups is 1. The van der Waals surface area contributed by atoms with Gasteiger partial charge in [-0.25, -0.2) is 4.68 Å². The summed E-state index contributed by atoms with van der Waals surface area (Å²) < 4.78 is 12.1. The monoisotopic (exact) mass is 394 g/mol. The second-order valence-corrected chi connectivity index (χ2v) is 6.08. The third-order valence-electron chi connectivity index (χ3n) is 4.38. The van der Waals surface area contributed by atoms with Gasteiger partial charge in [0.15, 0.2) is 11.5 Å². The van der Waals surface area contributed by atoms with Crippen molar-refractivity contribution in [1.29, 1.82) is 0 Å². The van der Waals surface area contributed by atoms with Crippen LogP contribution in [0, 0.1) is 0 Å². The molecule has 1 heterocycles. The van der Waals surface area contributed by atoms with E-state index in [1.54, 1.807) is 16.8 Å². The van der Waals surface area contributed by atoms with Crippen LogP contribution in [-0.2, 0) is 6.42 Å². The van der Waals surface area contributed by atoms with Crippen LogP contribution >= 0.6 is 0 Å². The van der Waals surface area contributed by atoms with Crippen LogP contribution in [0.25, 0.3) is 5.69 Å². The molecule has 150 valence electrons. The summed E-state index contributed by atoms with van der Waals surface area (Å²) in [5, 5.41) is 4.32. The van der Waals surface area contributed by atoms with E-state index in [9.17, 15) is 9.59 Å². The van der Waals surface area contributed by atoms with E-state index in [1.165, 1.54) is 26.5 Å². The average molecular weight is 394 g/mol. The van der Waals surface area contributed by atoms with Gasteiger partial charge >= 0.3 is 0 Å². The lowest BCUT2D eigenvalue weighted by atomic mass is 10.2. The van der Waals surface area contributed by atoms with Crippen LogP contribution in [0.15, 0.2) is 54.7 Å². The normalized spacial score (nSPS) is 10.3. The Morgan fingerprint density at radius 1 is 0.966 bits per heavy atom. The van der Waals surface area contributed by atoms with Crippen LogP contribution < -0.4 is 20.3 Å². The molecule has 0 bridgehead atoms. The minimum Gasteiger partial charge on any atom is -0.493 e. The zero-order chi connectivity index (χ0) is 20.8. The molecule has 3 rings (SSSR count). The largest absolute Gasteiger partial charge is 0.493 e. The Morgan fingerprint density at radius 3 is 2.31 bits per heavy atom. The maximum Gasteiger partial charge on any atom is 0.273 e. The molecule has 3 aromatic rings. The molecule has 8 heteroatoms. The number of hydrogen-bond donors (Lipinski definition) is 2. The molecule has 2 N–H and O–H groups in total. The predicted molar refractivity (Wildman–Crippen MR) is 107 cm³/mol. The first-order chi connectivity index (χ1) is 14.1. The second kappa shape index (κ2) is 8.92. The van der Waals surface area contributed by atoms with E-state index in [-0.39, 0.29) is 0 Å². The first-order valence-corrected chi connectivity index (χ1v) is 9.04. The summed E-state index contributed by atoms with van der Waals surface area (Å²) in [6.45, 7) is 1.94. The Morgan fingerprint density at radius 2 is 1.66 bits per heavy atom. The lowest BCUT2D eigenvalue weighted by molar-refractivity contribution is 0.0846. The minimum absolute atomic E-state index is 0.318. The number of nitrogens with zero attached hydrogens (tertiary/aromatic N) is 2. The number of para-hydroxylation sites is 1. The summed E-state index contributed by atoms with van der Waals surface area (Å²) in [6.07, 6.45) is 2.09. The number of ether oxygens (including phenoxy) is 2. The van der Waals surface area contributed by atoms with Gasteiger partial charge in [0.05, 0.1) is 37.4 Å². The van der Waals surface area contributed by atoms with E-state index in [0.29, 0.717) is 29.0 Å². The number of amides is 2. The molecule has 8 nitrogen and oxygen atoms in total. The van der Waals surface area contributed by atoms with Gasteiger partial charge in [0, 0.05) is 5.56 Å². The zero-order valence-corrected chi connectivity index (χ0v) is 16.4. The van der Waals surface area contributed by atoms with Gasteiger partial charge in [0.2, 0.25) is 0 Å². The lowest BCUT2D eigenvalue weighted by Crippen LogP contribution is -2.41. The van der Waals surface area contributed by atoms with E-state index >= 15 is 0 Å². The summed E-state index contributed by atoms with van der Waals surface area (Å²) in [5.41, 5.74) is 7.17. The second-order valence-electron chi connectivity index (χ2n) is 6.08. The standard InChI is InChI=1S/C21H22N4O4/c1-4-17-16(13-22-25(17)15-8-6-5-7-9-15)21(27)24-23-20(26)14-10-11-18(28-2)19(12-14)29-3/h5-13H,4H2,1-3H3,(H,23,26)(H,24,27). The average Bonchev–Trinajstić information content (AvgIpc) is 3.21. The van der Waals surface area contributed by atoms with Gasteiger partial charge in [-0.2, -0.15) is 5.10 Å². The van der Waals surface area contributed by atoms with Gasteiger partial charge in [-0.3, -0.25) is 20.4 Å². The number of benzene rings is 2. The summed E-state index contributed by atoms with van der Waals surface area (Å²) in [5.74, 6) is 0.00328. The molecule has 0 saturated heterocycles. The predicted octanol–water partition coefficient (Wildman–Crippen LogP) is 2.53. The van der Waals surface area contributed by atoms with Gasteiger partial charge in [-0.1, -0.05) is 25.1 Å². The van der Waals surface area contributed by atoms with E-state index in [0.717, 1.165) is 11.4 Å². The van der Waals surface area contributed by atoms with Gasteiger partial charge in [-0.15, -0.1) is 0 Å². The molecule has 0 aliphatic rings. The van der Waals surface area contributed by atoms with Crippen LogP contribution in [-0.4, -0.2) is 35.8 Å². The van der Waals surface area contributed by atoms with Gasteiger partial charge in [0.25, 0.3) is 11.8 Å². The van der Waals surface area contributed by atoms with Crippen molar-refractivity contribution in [3.8, 4) is 17.2 Å². The van der Waals surface area contributed by atoms with Crippen LogP contribution in [0.3, 0.4) is 0 Å². The highest BCUT2D eigenvalue weighted by molar-refractivity contribution is 5.99. The number of rotatable bonds is 6. The number of nitrogens with one attached hydrogen (secondary N) is 2. The quantitative estimate of drug-likeness (QED) is 0.627. The maximum atomic E-state index is 12.6. The van der Waals surface area contributed by atoms with Gasteiger partial charge < -0.3 is 9.47 Å². The van der Waals surface area contributed by atoms with Crippen molar-refractivity contribution in [3.05, 3.63) is 71.5 Å². The third kappa shape index (κ3) is 4.21. The summed E-state index contributed by atoms with van der Waals surface area (Å²) in [7, 11) is 3.00. The van der Waals surface area contributed by atoms with Crippen molar-refractivity contribution in [2.45, 2.75) is 13.3 Å². The highest BCUT2D eigenvalue weighted by Crippen LogP contribution is 2.27. The van der Waals surface area contributed by atoms with Crippen LogP contribution in [0.5, 0.6) is 11.5 Å². The van der Waals surface area contributed by atoms with E-state index in [2.05, 4.69) is 16.0 Å². The molecule has 2 aromatic carbocycles. The summed E-state index contributed by atoms with van der Waals surface area (Å²) >= 11 is 0. The van der Waals surface area contributed by atoms with Crippen molar-refractivity contribution < 1.29 is 19.1 Å². The number of hydrogen-bond acceptors (Lipinski definition) is 5. The highest BCUT2D eigenvalue weighted by Gasteiger charge is 2.18. The third-order valence-corrected chi connectivity index (χ3v) is 4.38. The molecule has 0 saturated carbocycles. The van der Waals surface area contributed by atoms with Crippen molar-refractivity contribution in [1.82, 2.24) is 20.6 Å². The SMILES string of the molecule is CCc1c(C(=O)NNC(=O)c2ccc(OC)c(OC)c2)cnn1-c1ccccc1. The highest BCUT2D eigenvalue weighted by atomic mass is 16.5. The van der Waals surface area contributed by atoms with Crippen molar-refractivity contribution >= 4 is 11.8 Å². The van der Waals surface area contributed by atoms with Crippen molar-refractivity contribution in [3.63, 3.8) is 0 Å². The fourth-order valence-electron chi connectivity index (χ4n) is 2.93. The fourth-order valence-corrected chi connectivity index (χ4v) is 2.93. The molecule has 0 unspecified atom stereocenters. The van der Waals surface area contributed by atoms with Crippen molar-refractivity contribution in [2.75, 3.05) is 14.2 Å². The molecule has 29 heavy (non-hydrogen) atoms. The van der Waals surface area contributed by atoms with Gasteiger partial charge in [-0.05, 0) is 36.8 Å². The number of methoxy groups -OCH3 is 2. The minimum atomic E-state index is -0.479. The van der Waals surface area contributed by atoms with Crippen LogP contribution in [0.4, 0.5) is 0 Å². The molecule has 0 aliphatic carbocycles. The summed E-state index contributed by atoms with van der Waals surface area (Å²) in [4.78, 5) is 25.0. The molecular weight excluding hydrogens is 372 g/mol. The molecule has 0 fully saturated rings. The number of carbonyl (C=O) groups excluding carboxylic acids is 2. The van der Waals surface area contributed by atoms with E-state index < -0.39 is 11.8 Å². The van der Waals surface area contributed by atoms with Crippen LogP contribution in [0.1, 0.15) is 33.3 Å². The van der Waals surface area contributed by atoms with E-state index in [1.807, 2.05) is 37.3 Å². The molecule has 0 atom stereocenters. The Balaban J connectivity index is 1.73. The first kappa shape index (κ1) is 19.9.